The van der Waals surface area contributed by atoms with Crippen molar-refractivity contribution in [1.29, 1.82) is 0 Å². The van der Waals surface area contributed by atoms with E-state index in [1.807, 2.05) is 114 Å². The van der Waals surface area contributed by atoms with Crippen LogP contribution < -0.4 is 9.64 Å². The number of imide groups is 1. The summed E-state index contributed by atoms with van der Waals surface area (Å²) in [7, 11) is 3.48. The molecule has 9 rings (SSSR count). The molecule has 0 unspecified atom stereocenters. The van der Waals surface area contributed by atoms with Gasteiger partial charge in [0.25, 0.3) is 0 Å². The molecule has 0 saturated carbocycles. The summed E-state index contributed by atoms with van der Waals surface area (Å²) in [5.41, 5.74) is 2.24. The predicted molar refractivity (Wildman–Crippen MR) is 263 cm³/mol. The van der Waals surface area contributed by atoms with Crippen LogP contribution in [0.1, 0.15) is 83.7 Å². The summed E-state index contributed by atoms with van der Waals surface area (Å²) in [6.07, 6.45) is 2.54. The Morgan fingerprint density at radius 1 is 0.786 bits per heavy atom. The van der Waals surface area contributed by atoms with Gasteiger partial charge in [-0.2, -0.15) is 0 Å². The number of fused-ring (bicyclic) bond motifs is 3. The number of nitrogens with zero attached hydrogens (tertiary/aromatic N) is 4. The molecule has 362 valence electrons. The second kappa shape index (κ2) is 21.9. The Balaban J connectivity index is 1.32. The van der Waals surface area contributed by atoms with Gasteiger partial charge in [0.1, 0.15) is 36.5 Å². The minimum atomic E-state index is -2.00. The van der Waals surface area contributed by atoms with E-state index in [0.717, 1.165) is 53.7 Å². The van der Waals surface area contributed by atoms with E-state index in [4.69, 9.17) is 18.9 Å². The van der Waals surface area contributed by atoms with Crippen molar-refractivity contribution < 1.29 is 43.2 Å². The maximum Gasteiger partial charge on any atom is 0.421 e. The second-order valence-corrected chi connectivity index (χ2v) is 18.4. The summed E-state index contributed by atoms with van der Waals surface area (Å²) in [6.45, 7) is 1.51. The zero-order valence-electron chi connectivity index (χ0n) is 39.8. The van der Waals surface area contributed by atoms with E-state index < -0.39 is 53.5 Å². The number of anilines is 1. The lowest BCUT2D eigenvalue weighted by molar-refractivity contribution is -0.179. The number of aliphatic hydroxyl groups excluding tert-OH is 1. The number of ether oxygens (including phenoxy) is 4. The van der Waals surface area contributed by atoms with Crippen LogP contribution in [-0.2, 0) is 40.6 Å². The minimum absolute atomic E-state index is 0.0754. The van der Waals surface area contributed by atoms with E-state index in [1.165, 1.54) is 7.11 Å². The Kier molecular flexibility index (Phi) is 15.1. The van der Waals surface area contributed by atoms with Crippen LogP contribution in [0.5, 0.6) is 5.75 Å². The Hall–Kier alpha value is -6.82. The molecule has 3 fully saturated rings. The normalized spacial score (nSPS) is 23.2. The summed E-state index contributed by atoms with van der Waals surface area (Å²) in [5.74, 6) is 3.79. The van der Waals surface area contributed by atoms with E-state index in [1.54, 1.807) is 24.3 Å². The summed E-state index contributed by atoms with van der Waals surface area (Å²) in [5, 5.41) is 10.1. The number of carbonyl (C=O) groups excluding carboxylic acids is 4. The number of carbonyl (C=O) groups is 4. The molecule has 0 aliphatic carbocycles. The average molecular weight is 945 g/mol. The fourth-order valence-corrected chi connectivity index (χ4v) is 11.1. The molecule has 70 heavy (non-hydrogen) atoms. The Labute approximate surface area is 409 Å². The van der Waals surface area contributed by atoms with Crippen molar-refractivity contribution in [1.82, 2.24) is 14.7 Å². The van der Waals surface area contributed by atoms with Crippen molar-refractivity contribution in [3.05, 3.63) is 167 Å². The van der Waals surface area contributed by atoms with Crippen LogP contribution in [0.4, 0.5) is 10.5 Å². The van der Waals surface area contributed by atoms with Crippen molar-refractivity contribution in [3.63, 3.8) is 0 Å². The fraction of sp³-hybridized carbons (Fsp3) is 0.368. The van der Waals surface area contributed by atoms with Gasteiger partial charge in [-0.15, -0.1) is 0 Å². The lowest BCUT2D eigenvalue weighted by atomic mass is 9.64. The summed E-state index contributed by atoms with van der Waals surface area (Å²) in [6, 6.07) is 38.5. The van der Waals surface area contributed by atoms with Gasteiger partial charge < -0.3 is 29.0 Å². The number of morpholine rings is 1. The number of hydrogen-bond acceptors (Lipinski definition) is 11. The number of methoxy groups -OCH3 is 1. The third-order valence-electron chi connectivity index (χ3n) is 14.0. The molecule has 0 bridgehead atoms. The predicted octanol–water partition coefficient (Wildman–Crippen LogP) is 7.78. The molecular weight excluding hydrogens is 885 g/mol. The van der Waals surface area contributed by atoms with Crippen LogP contribution in [0.3, 0.4) is 0 Å². The van der Waals surface area contributed by atoms with Crippen molar-refractivity contribution >= 4 is 29.6 Å². The summed E-state index contributed by atoms with van der Waals surface area (Å²) < 4.78 is 24.1. The molecule has 5 aromatic carbocycles. The first-order valence-electron chi connectivity index (χ1n) is 24.3. The number of esters is 1. The van der Waals surface area contributed by atoms with Gasteiger partial charge >= 0.3 is 12.1 Å². The quantitative estimate of drug-likeness (QED) is 0.0704. The molecule has 4 aliphatic rings. The number of para-hydroxylation sites is 1. The van der Waals surface area contributed by atoms with Crippen molar-refractivity contribution in [2.45, 2.75) is 68.3 Å². The number of cyclic esters (lactones) is 1. The molecule has 0 radical (unpaired) electrons. The highest BCUT2D eigenvalue weighted by Gasteiger charge is 2.76. The number of likely N-dealkylation sites (tertiary alicyclic amines) is 1. The molecule has 5 aromatic rings. The van der Waals surface area contributed by atoms with Gasteiger partial charge in [-0.3, -0.25) is 24.2 Å². The fourth-order valence-electron chi connectivity index (χ4n) is 11.1. The van der Waals surface area contributed by atoms with Gasteiger partial charge in [0.15, 0.2) is 0 Å². The first-order chi connectivity index (χ1) is 34.3. The first kappa shape index (κ1) is 48.2. The topological polar surface area (TPSA) is 138 Å². The molecular formula is C57H60N4O9. The maximum atomic E-state index is 16.6. The standard InChI is InChI=1S/C57H60N4O9/c1-58(39-41-20-9-6-10-21-41)31-19-22-40-29-30-46-45(38-40)57(55(65)60(46)56(66)69-37-36-67-2)48(53(63)59-32-17-4-3-5-18-33-59)50-54(64)70-51(43-25-13-8-14-26-43)49(42-23-11-7-12-24-42)61(50)52(57)44-27-15-16-28-47(44)68-35-34-62/h6-16,20-21,23-30,38,48-52,62H,3-5,17-18,31-37,39H2,1-2H3/t48-,49-,50-,51+,52+,57-/m1/s1. The van der Waals surface area contributed by atoms with Crippen LogP contribution in [0.2, 0.25) is 0 Å². The molecule has 13 heteroatoms. The molecule has 1 N–H and O–H groups in total. The van der Waals surface area contributed by atoms with Crippen molar-refractivity contribution in [2.75, 3.05) is 65.1 Å². The van der Waals surface area contributed by atoms with Crippen LogP contribution in [-0.4, -0.2) is 110 Å². The largest absolute Gasteiger partial charge is 0.491 e. The molecule has 13 nitrogen and oxygen atoms in total. The Morgan fingerprint density at radius 2 is 1.44 bits per heavy atom. The van der Waals surface area contributed by atoms with E-state index in [9.17, 15) is 9.90 Å². The molecule has 4 aliphatic heterocycles. The van der Waals surface area contributed by atoms with Gasteiger partial charge in [-0.25, -0.2) is 9.69 Å². The minimum Gasteiger partial charge on any atom is -0.491 e. The van der Waals surface area contributed by atoms with Gasteiger partial charge in [0.2, 0.25) is 11.8 Å². The third kappa shape index (κ3) is 9.32. The van der Waals surface area contributed by atoms with Gasteiger partial charge in [0.05, 0.1) is 43.4 Å². The van der Waals surface area contributed by atoms with E-state index in [-0.39, 0.29) is 38.0 Å². The van der Waals surface area contributed by atoms with Crippen LogP contribution in [0.25, 0.3) is 0 Å². The number of amides is 3. The number of aliphatic hydroxyl groups is 1. The molecule has 3 saturated heterocycles. The number of benzene rings is 5. The van der Waals surface area contributed by atoms with E-state index in [2.05, 4.69) is 28.9 Å². The first-order valence-corrected chi connectivity index (χ1v) is 24.3. The lowest BCUT2D eigenvalue weighted by Crippen LogP contribution is -2.56. The van der Waals surface area contributed by atoms with Crippen LogP contribution >= 0.6 is 0 Å². The monoisotopic (exact) mass is 944 g/mol. The highest BCUT2D eigenvalue weighted by atomic mass is 16.6. The SMILES string of the molecule is COCCOC(=O)N1C(=O)[C@@]2(c3cc(C#CCN(C)Cc4ccccc4)ccc31)[C@H](c1ccccc1OCCO)N1[C@H](c3ccccc3)[C@H](c3ccccc3)OC(=O)[C@H]1[C@@H]2C(=O)N1CCCCCCC1. The zero-order chi connectivity index (χ0) is 48.6. The maximum absolute atomic E-state index is 16.6. The smallest absolute Gasteiger partial charge is 0.421 e. The second-order valence-electron chi connectivity index (χ2n) is 18.4. The Morgan fingerprint density at radius 3 is 2.14 bits per heavy atom. The lowest BCUT2D eigenvalue weighted by Gasteiger charge is -2.46. The van der Waals surface area contributed by atoms with Crippen molar-refractivity contribution in [2.24, 2.45) is 5.92 Å². The average Bonchev–Trinajstić information content (AvgIpc) is 3.82. The van der Waals surface area contributed by atoms with Crippen LogP contribution in [0, 0.1) is 17.8 Å². The van der Waals surface area contributed by atoms with Gasteiger partial charge in [-0.05, 0) is 66.4 Å². The highest BCUT2D eigenvalue weighted by Crippen LogP contribution is 2.67. The van der Waals surface area contributed by atoms with Crippen molar-refractivity contribution in [3.8, 4) is 17.6 Å². The Bertz CT molecular complexity index is 2700. The van der Waals surface area contributed by atoms with Gasteiger partial charge in [0, 0.05) is 37.9 Å². The molecule has 1 spiro atoms. The number of rotatable bonds is 13. The van der Waals surface area contributed by atoms with Crippen LogP contribution in [0.15, 0.2) is 133 Å². The van der Waals surface area contributed by atoms with E-state index >= 15 is 14.4 Å². The molecule has 0 aromatic heterocycles. The van der Waals surface area contributed by atoms with E-state index in [0.29, 0.717) is 48.6 Å². The molecule has 3 amide bonds. The molecule has 4 heterocycles. The molecule has 6 atom stereocenters. The van der Waals surface area contributed by atoms with Gasteiger partial charge in [-0.1, -0.05) is 140 Å². The highest BCUT2D eigenvalue weighted by molar-refractivity contribution is 6.23. The third-order valence-corrected chi connectivity index (χ3v) is 14.0. The summed E-state index contributed by atoms with van der Waals surface area (Å²) >= 11 is 0. The summed E-state index contributed by atoms with van der Waals surface area (Å²) in [4.78, 5) is 70.1. The zero-order valence-corrected chi connectivity index (χ0v) is 39.8. The number of hydrogen-bond donors (Lipinski definition) is 1.